The molecule has 0 amide bonds. The van der Waals surface area contributed by atoms with Crippen LogP contribution in [0.4, 0.5) is 91.0 Å². The Labute approximate surface area is 447 Å². The highest BCUT2D eigenvalue weighted by Gasteiger charge is 2.28. The van der Waals surface area contributed by atoms with Crippen molar-refractivity contribution in [3.63, 3.8) is 0 Å². The van der Waals surface area contributed by atoms with E-state index in [1.807, 2.05) is 0 Å². The molecule has 0 saturated carbocycles. The predicted octanol–water partition coefficient (Wildman–Crippen LogP) is 1.25. The molecule has 80 heavy (non-hydrogen) atoms. The van der Waals surface area contributed by atoms with E-state index in [1.54, 1.807) is 0 Å². The molecule has 0 spiro atoms. The number of aliphatic hydroxyl groups excluding tert-OH is 8. The van der Waals surface area contributed by atoms with Crippen LogP contribution in [0, 0.1) is 80.9 Å². The molecular formula is C40H56N16O24. The molecule has 0 saturated heterocycles. The van der Waals surface area contributed by atoms with E-state index in [9.17, 15) is 80.9 Å². The molecule has 40 nitrogen and oxygen atoms in total. The van der Waals surface area contributed by atoms with Crippen LogP contribution in [0.25, 0.3) is 0 Å². The molecule has 16 N–H and O–H groups in total. The van der Waals surface area contributed by atoms with E-state index in [0.717, 1.165) is 24.3 Å². The number of nitrogens with zero attached hydrogens (tertiary/aromatic N) is 8. The highest BCUT2D eigenvalue weighted by Crippen LogP contribution is 2.39. The molecule has 0 bridgehead atoms. The fourth-order valence-electron chi connectivity index (χ4n) is 6.17. The Morgan fingerprint density at radius 1 is 0.225 bits per heavy atom. The van der Waals surface area contributed by atoms with Crippen LogP contribution in [0.1, 0.15) is 0 Å². The molecule has 4 aromatic carbocycles. The van der Waals surface area contributed by atoms with Crippen LogP contribution in [0.2, 0.25) is 0 Å². The van der Waals surface area contributed by atoms with Crippen molar-refractivity contribution in [3.8, 4) is 0 Å². The molecule has 0 aliphatic carbocycles. The number of anilines is 8. The number of benzene rings is 4. The van der Waals surface area contributed by atoms with Gasteiger partial charge in [0.05, 0.1) is 117 Å². The Bertz CT molecular complexity index is 2230. The maximum absolute atomic E-state index is 10.9. The maximum Gasteiger partial charge on any atom is 0.299 e. The first-order chi connectivity index (χ1) is 38.0. The number of hydrogen-bond donors (Lipinski definition) is 16. The van der Waals surface area contributed by atoms with Crippen molar-refractivity contribution in [2.45, 2.75) is 0 Å². The maximum atomic E-state index is 10.9. The normalized spacial score (nSPS) is 10.1. The van der Waals surface area contributed by atoms with E-state index in [1.165, 1.54) is 24.3 Å². The van der Waals surface area contributed by atoms with Crippen LogP contribution < -0.4 is 42.5 Å². The third-order valence-corrected chi connectivity index (χ3v) is 9.45. The standard InChI is InChI=1S/4C10H14N4O6/c4*15-3-1-11-7-5-8(12-2-4-16)10(14(19)20)6-9(7)13(17)18/h4*5-6,11-12,15-16H,1-4H2. The quantitative estimate of drug-likeness (QED) is 0.0242. The number of nitro groups is 8. The molecule has 440 valence electrons. The summed E-state index contributed by atoms with van der Waals surface area (Å²) in [6.07, 6.45) is 0. The minimum absolute atomic E-state index is 0.0510. The SMILES string of the molecule is O=[N+]([O-])c1cc([N+](=O)[O-])c(NCCO)cc1NCCO.O=[N+]([O-])c1cc([N+](=O)[O-])c(NCCO)cc1NCCO.O=[N+]([O-])c1cc([N+](=O)[O-])c(NCCO)cc1NCCO.O=[N+]([O-])c1cc([N+](=O)[O-])c(NCCO)cc1NCCO. The minimum Gasteiger partial charge on any atom is -0.395 e. The van der Waals surface area contributed by atoms with Crippen LogP contribution in [0.3, 0.4) is 0 Å². The average molecular weight is 1140 g/mol. The second kappa shape index (κ2) is 36.2. The average Bonchev–Trinajstić information content (AvgIpc) is 3.41. The Morgan fingerprint density at radius 2 is 0.325 bits per heavy atom. The van der Waals surface area contributed by atoms with Crippen molar-refractivity contribution in [1.82, 2.24) is 0 Å². The highest BCUT2D eigenvalue weighted by molar-refractivity contribution is 5.79. The number of rotatable bonds is 32. The smallest absolute Gasteiger partial charge is 0.299 e. The van der Waals surface area contributed by atoms with Gasteiger partial charge in [0.2, 0.25) is 0 Å². The minimum atomic E-state index is -0.747. The lowest BCUT2D eigenvalue weighted by Crippen LogP contribution is -2.11. The van der Waals surface area contributed by atoms with Gasteiger partial charge in [0.25, 0.3) is 45.5 Å². The molecule has 40 heteroatoms. The molecule has 4 aromatic rings. The first kappa shape index (κ1) is 68.2. The fourth-order valence-corrected chi connectivity index (χ4v) is 6.17. The molecule has 0 radical (unpaired) electrons. The van der Waals surface area contributed by atoms with E-state index in [0.29, 0.717) is 0 Å². The molecule has 0 aromatic heterocycles. The van der Waals surface area contributed by atoms with Gasteiger partial charge in [-0.3, -0.25) is 80.9 Å². The highest BCUT2D eigenvalue weighted by atomic mass is 16.7. The predicted molar refractivity (Wildman–Crippen MR) is 284 cm³/mol. The van der Waals surface area contributed by atoms with Gasteiger partial charge in [-0.2, -0.15) is 0 Å². The van der Waals surface area contributed by atoms with Crippen LogP contribution in [-0.2, 0) is 0 Å². The van der Waals surface area contributed by atoms with E-state index in [-0.39, 0.29) is 151 Å². The van der Waals surface area contributed by atoms with Gasteiger partial charge < -0.3 is 83.4 Å². The summed E-state index contributed by atoms with van der Waals surface area (Å²) < 4.78 is 0. The summed E-state index contributed by atoms with van der Waals surface area (Å²) in [7, 11) is 0. The summed E-state index contributed by atoms with van der Waals surface area (Å²) in [4.78, 5) is 81.3. The fraction of sp³-hybridized carbons (Fsp3) is 0.400. The van der Waals surface area contributed by atoms with Crippen LogP contribution >= 0.6 is 0 Å². The van der Waals surface area contributed by atoms with Crippen molar-refractivity contribution in [2.24, 2.45) is 0 Å². The second-order valence-electron chi connectivity index (χ2n) is 14.8. The summed E-state index contributed by atoms with van der Waals surface area (Å²) in [5, 5.41) is 178. The topological polar surface area (TPSA) is 603 Å². The summed E-state index contributed by atoms with van der Waals surface area (Å²) >= 11 is 0. The molecular weight excluding hydrogens is 1090 g/mol. The van der Waals surface area contributed by atoms with E-state index in [2.05, 4.69) is 42.5 Å². The Morgan fingerprint density at radius 3 is 0.400 bits per heavy atom. The van der Waals surface area contributed by atoms with Gasteiger partial charge in [-0.1, -0.05) is 0 Å². The zero-order chi connectivity index (χ0) is 60.5. The summed E-state index contributed by atoms with van der Waals surface area (Å²) in [5.41, 5.74) is -3.26. The molecule has 0 unspecified atom stereocenters. The van der Waals surface area contributed by atoms with Gasteiger partial charge in [-0.25, -0.2) is 0 Å². The van der Waals surface area contributed by atoms with Gasteiger partial charge in [0.1, 0.15) is 45.5 Å². The number of nitro benzene ring substituents is 8. The molecule has 0 aliphatic rings. The van der Waals surface area contributed by atoms with Crippen molar-refractivity contribution < 1.29 is 80.2 Å². The van der Waals surface area contributed by atoms with Gasteiger partial charge in [-0.05, 0) is 24.3 Å². The zero-order valence-corrected chi connectivity index (χ0v) is 41.6. The lowest BCUT2D eigenvalue weighted by molar-refractivity contribution is -0.393. The number of hydrogen-bond acceptors (Lipinski definition) is 32. The molecule has 4 rings (SSSR count). The van der Waals surface area contributed by atoms with Crippen molar-refractivity contribution in [1.29, 1.82) is 0 Å². The summed E-state index contributed by atoms with van der Waals surface area (Å²) in [6.45, 7) is -1.40. The van der Waals surface area contributed by atoms with Crippen molar-refractivity contribution in [3.05, 3.63) is 129 Å². The molecule has 0 fully saturated rings. The lowest BCUT2D eigenvalue weighted by Gasteiger charge is -2.10. The van der Waals surface area contributed by atoms with Crippen molar-refractivity contribution in [2.75, 3.05) is 148 Å². The van der Waals surface area contributed by atoms with E-state index < -0.39 is 84.9 Å². The molecule has 0 atom stereocenters. The summed E-state index contributed by atoms with van der Waals surface area (Å²) in [6, 6.07) is 8.17. The first-order valence-corrected chi connectivity index (χ1v) is 22.7. The molecule has 0 heterocycles. The van der Waals surface area contributed by atoms with Gasteiger partial charge >= 0.3 is 0 Å². The third kappa shape index (κ3) is 22.0. The van der Waals surface area contributed by atoms with Gasteiger partial charge in [0, 0.05) is 52.4 Å². The first-order valence-electron chi connectivity index (χ1n) is 22.7. The summed E-state index contributed by atoms with van der Waals surface area (Å²) in [5.74, 6) is 0. The second-order valence-corrected chi connectivity index (χ2v) is 14.8. The van der Waals surface area contributed by atoms with Crippen molar-refractivity contribution >= 4 is 91.0 Å². The zero-order valence-electron chi connectivity index (χ0n) is 41.6. The van der Waals surface area contributed by atoms with E-state index >= 15 is 0 Å². The monoisotopic (exact) mass is 1140 g/mol. The number of aliphatic hydroxyl groups is 8. The van der Waals surface area contributed by atoms with E-state index in [4.69, 9.17) is 40.9 Å². The Hall–Kier alpha value is -9.84. The third-order valence-electron chi connectivity index (χ3n) is 9.45. The Balaban J connectivity index is 0.000000533. The Kier molecular flexibility index (Phi) is 30.9. The molecule has 0 aliphatic heterocycles. The van der Waals surface area contributed by atoms with Crippen LogP contribution in [-0.4, -0.2) is 185 Å². The largest absolute Gasteiger partial charge is 0.395 e. The lowest BCUT2D eigenvalue weighted by atomic mass is 10.2. The van der Waals surface area contributed by atoms with Crippen LogP contribution in [0.15, 0.2) is 48.5 Å². The number of nitrogens with one attached hydrogen (secondary N) is 8. The van der Waals surface area contributed by atoms with Crippen LogP contribution in [0.5, 0.6) is 0 Å². The van der Waals surface area contributed by atoms with Gasteiger partial charge in [-0.15, -0.1) is 0 Å². The van der Waals surface area contributed by atoms with Gasteiger partial charge in [0.15, 0.2) is 0 Å².